The molecular weight excluding hydrogens is 324 g/mol. The maximum absolute atomic E-state index is 10.5. The van der Waals surface area contributed by atoms with Crippen molar-refractivity contribution in [1.82, 2.24) is 4.90 Å². The number of benzene rings is 1. The summed E-state index contributed by atoms with van der Waals surface area (Å²) in [5, 5.41) is 10.5. The lowest BCUT2D eigenvalue weighted by molar-refractivity contribution is 0.294. The van der Waals surface area contributed by atoms with Crippen LogP contribution in [-0.4, -0.2) is 44.4 Å². The largest absolute Gasteiger partial charge is 0.504 e. The topological polar surface area (TPSA) is 68.0 Å². The van der Waals surface area contributed by atoms with Crippen molar-refractivity contribution in [2.24, 2.45) is 11.7 Å². The van der Waals surface area contributed by atoms with Gasteiger partial charge in [0.2, 0.25) is 5.75 Å². The summed E-state index contributed by atoms with van der Waals surface area (Å²) in [4.78, 5) is 2.21. The van der Waals surface area contributed by atoms with Gasteiger partial charge in [0.25, 0.3) is 0 Å². The molecule has 0 spiro atoms. The van der Waals surface area contributed by atoms with Gasteiger partial charge < -0.3 is 20.3 Å². The van der Waals surface area contributed by atoms with E-state index in [1.807, 2.05) is 13.1 Å². The molecule has 0 bridgehead atoms. The Morgan fingerprint density at radius 3 is 2.65 bits per heavy atom. The van der Waals surface area contributed by atoms with Crippen LogP contribution in [-0.2, 0) is 0 Å². The highest BCUT2D eigenvalue weighted by molar-refractivity contribution is 9.10. The summed E-state index contributed by atoms with van der Waals surface area (Å²) in [5.74, 6) is 1.46. The maximum atomic E-state index is 10.5. The molecule has 0 radical (unpaired) electrons. The summed E-state index contributed by atoms with van der Waals surface area (Å²) < 4.78 is 11.3. The number of nitrogens with two attached hydrogens (primary N) is 1. The highest BCUT2D eigenvalue weighted by Gasteiger charge is 2.34. The fourth-order valence-corrected chi connectivity index (χ4v) is 3.55. The van der Waals surface area contributed by atoms with Crippen LogP contribution in [0.3, 0.4) is 0 Å². The number of ether oxygens (including phenoxy) is 2. The van der Waals surface area contributed by atoms with Crippen molar-refractivity contribution in [2.75, 3.05) is 34.4 Å². The van der Waals surface area contributed by atoms with Crippen molar-refractivity contribution in [2.45, 2.75) is 12.5 Å². The van der Waals surface area contributed by atoms with E-state index in [0.717, 1.165) is 23.0 Å². The van der Waals surface area contributed by atoms with E-state index in [9.17, 15) is 5.11 Å². The van der Waals surface area contributed by atoms with Crippen molar-refractivity contribution in [3.63, 3.8) is 0 Å². The minimum absolute atomic E-state index is 0.123. The first-order valence-electron chi connectivity index (χ1n) is 6.57. The van der Waals surface area contributed by atoms with Crippen molar-refractivity contribution in [1.29, 1.82) is 0 Å². The Balaban J connectivity index is 2.47. The smallest absolute Gasteiger partial charge is 0.203 e. The van der Waals surface area contributed by atoms with Crippen LogP contribution in [0.1, 0.15) is 18.0 Å². The van der Waals surface area contributed by atoms with Gasteiger partial charge in [-0.2, -0.15) is 0 Å². The van der Waals surface area contributed by atoms with Gasteiger partial charge in [-0.3, -0.25) is 4.90 Å². The van der Waals surface area contributed by atoms with E-state index >= 15 is 0 Å². The van der Waals surface area contributed by atoms with Crippen LogP contribution in [0, 0.1) is 5.92 Å². The molecule has 1 aliphatic rings. The van der Waals surface area contributed by atoms with E-state index in [4.69, 9.17) is 15.2 Å². The minimum Gasteiger partial charge on any atom is -0.504 e. The fourth-order valence-electron chi connectivity index (χ4n) is 2.89. The number of methoxy groups -OCH3 is 2. The monoisotopic (exact) mass is 344 g/mol. The Hall–Kier alpha value is -0.980. The molecule has 0 saturated carbocycles. The summed E-state index contributed by atoms with van der Waals surface area (Å²) in [6.07, 6.45) is 0.925. The van der Waals surface area contributed by atoms with Gasteiger partial charge in [0.1, 0.15) is 0 Å². The summed E-state index contributed by atoms with van der Waals surface area (Å²) in [6, 6.07) is 1.95. The molecule has 1 aliphatic heterocycles. The number of likely N-dealkylation sites (tertiary alicyclic amines) is 1. The van der Waals surface area contributed by atoms with Crippen molar-refractivity contribution in [3.05, 3.63) is 16.1 Å². The van der Waals surface area contributed by atoms with Crippen LogP contribution in [0.4, 0.5) is 0 Å². The predicted octanol–water partition coefficient (Wildman–Crippen LogP) is 2.12. The lowest BCUT2D eigenvalue weighted by atomic mass is 9.98. The van der Waals surface area contributed by atoms with Gasteiger partial charge in [-0.1, -0.05) is 15.9 Å². The second-order valence-electron chi connectivity index (χ2n) is 5.15. The van der Waals surface area contributed by atoms with E-state index in [1.165, 1.54) is 7.11 Å². The normalized spacial score (nSPS) is 23.1. The van der Waals surface area contributed by atoms with Crippen LogP contribution in [0.2, 0.25) is 0 Å². The molecule has 2 rings (SSSR count). The van der Waals surface area contributed by atoms with Gasteiger partial charge in [0.15, 0.2) is 11.5 Å². The Kier molecular flexibility index (Phi) is 4.78. The SMILES string of the molecule is COc1cc(Br)c(C2CC(CN)CN2C)c(O)c1OC. The first kappa shape index (κ1) is 15.4. The third kappa shape index (κ3) is 2.60. The number of aromatic hydroxyl groups is 1. The second-order valence-corrected chi connectivity index (χ2v) is 6.00. The van der Waals surface area contributed by atoms with Crippen LogP contribution >= 0.6 is 15.9 Å². The lowest BCUT2D eigenvalue weighted by Crippen LogP contribution is -2.21. The average Bonchev–Trinajstić information content (AvgIpc) is 2.79. The first-order chi connectivity index (χ1) is 9.53. The Bertz CT molecular complexity index is 496. The third-order valence-corrected chi connectivity index (χ3v) is 4.59. The molecule has 3 N–H and O–H groups in total. The van der Waals surface area contributed by atoms with Gasteiger partial charge in [0.05, 0.1) is 14.2 Å². The van der Waals surface area contributed by atoms with E-state index in [2.05, 4.69) is 20.8 Å². The first-order valence-corrected chi connectivity index (χ1v) is 7.36. The summed E-state index contributed by atoms with van der Waals surface area (Å²) in [7, 11) is 5.12. The standard InChI is InChI=1S/C14H21BrN2O3/c1-17-7-8(6-16)4-10(17)12-9(15)5-11(19-2)14(20-3)13(12)18/h5,8,10,18H,4,6-7,16H2,1-3H3. The molecule has 0 aliphatic carbocycles. The molecule has 1 fully saturated rings. The van der Waals surface area contributed by atoms with Crippen LogP contribution in [0.15, 0.2) is 10.5 Å². The Morgan fingerprint density at radius 1 is 1.45 bits per heavy atom. The number of hydrogen-bond donors (Lipinski definition) is 2. The van der Waals surface area contributed by atoms with Crippen LogP contribution in [0.5, 0.6) is 17.2 Å². The molecule has 0 amide bonds. The number of rotatable bonds is 4. The molecule has 112 valence electrons. The zero-order chi connectivity index (χ0) is 14.9. The Labute approximate surface area is 127 Å². The lowest BCUT2D eigenvalue weighted by Gasteiger charge is -2.23. The van der Waals surface area contributed by atoms with Gasteiger partial charge in [-0.25, -0.2) is 0 Å². The van der Waals surface area contributed by atoms with Crippen molar-refractivity contribution >= 4 is 15.9 Å². The van der Waals surface area contributed by atoms with Gasteiger partial charge in [0, 0.05) is 22.6 Å². The van der Waals surface area contributed by atoms with E-state index in [1.54, 1.807) is 7.11 Å². The maximum Gasteiger partial charge on any atom is 0.203 e. The molecule has 2 unspecified atom stereocenters. The fraction of sp³-hybridized carbons (Fsp3) is 0.571. The molecule has 1 heterocycles. The van der Waals surface area contributed by atoms with Crippen molar-refractivity contribution in [3.8, 4) is 17.2 Å². The van der Waals surface area contributed by atoms with Crippen LogP contribution in [0.25, 0.3) is 0 Å². The predicted molar refractivity (Wildman–Crippen MR) is 81.4 cm³/mol. The molecule has 1 aromatic rings. The molecule has 1 saturated heterocycles. The average molecular weight is 345 g/mol. The zero-order valence-electron chi connectivity index (χ0n) is 12.0. The van der Waals surface area contributed by atoms with Gasteiger partial charge in [-0.15, -0.1) is 0 Å². The quantitative estimate of drug-likeness (QED) is 0.875. The third-order valence-electron chi connectivity index (χ3n) is 3.93. The highest BCUT2D eigenvalue weighted by atomic mass is 79.9. The molecule has 6 heteroatoms. The highest BCUT2D eigenvalue weighted by Crippen LogP contribution is 2.49. The summed E-state index contributed by atoms with van der Waals surface area (Å²) >= 11 is 3.53. The van der Waals surface area contributed by atoms with E-state index in [0.29, 0.717) is 24.0 Å². The second kappa shape index (κ2) is 6.20. The van der Waals surface area contributed by atoms with E-state index < -0.39 is 0 Å². The summed E-state index contributed by atoms with van der Waals surface area (Å²) in [6.45, 7) is 1.59. The summed E-state index contributed by atoms with van der Waals surface area (Å²) in [5.41, 5.74) is 6.60. The molecular formula is C14H21BrN2O3. The molecule has 5 nitrogen and oxygen atoms in total. The zero-order valence-corrected chi connectivity index (χ0v) is 13.6. The van der Waals surface area contributed by atoms with Gasteiger partial charge in [-0.05, 0) is 32.0 Å². The number of nitrogens with zero attached hydrogens (tertiary/aromatic N) is 1. The molecule has 2 atom stereocenters. The molecule has 0 aromatic heterocycles. The van der Waals surface area contributed by atoms with Crippen molar-refractivity contribution < 1.29 is 14.6 Å². The Morgan fingerprint density at radius 2 is 2.15 bits per heavy atom. The number of phenols is 1. The van der Waals surface area contributed by atoms with E-state index in [-0.39, 0.29) is 11.8 Å². The van der Waals surface area contributed by atoms with Gasteiger partial charge >= 0.3 is 0 Å². The minimum atomic E-state index is 0.123. The number of halogens is 1. The molecule has 20 heavy (non-hydrogen) atoms. The van der Waals surface area contributed by atoms with Crippen LogP contribution < -0.4 is 15.2 Å². The number of phenolic OH excluding ortho intramolecular Hbond substituents is 1. The molecule has 1 aromatic carbocycles. The number of hydrogen-bond acceptors (Lipinski definition) is 5.